The zero-order valence-corrected chi connectivity index (χ0v) is 30.0. The molecule has 0 fully saturated rings. The molecule has 6 aromatic carbocycles. The second-order valence-corrected chi connectivity index (χ2v) is 15.1. The zero-order chi connectivity index (χ0) is 34.6. The van der Waals surface area contributed by atoms with Crippen LogP contribution in [0.1, 0.15) is 36.2 Å². The van der Waals surface area contributed by atoms with Crippen LogP contribution in [0.3, 0.4) is 0 Å². The molecule has 0 N–H and O–H groups in total. The first-order valence-corrected chi connectivity index (χ1v) is 19.2. The topological polar surface area (TPSA) is 26.5 Å². The van der Waals surface area contributed by atoms with E-state index < -0.39 is 0 Å². The van der Waals surface area contributed by atoms with E-state index in [1.807, 2.05) is 7.11 Å². The highest BCUT2D eigenvalue weighted by atomic mass is 31.1. The molecule has 4 heteroatoms. The van der Waals surface area contributed by atoms with E-state index >= 15 is 0 Å². The normalized spacial score (nSPS) is 16.9. The SMILES string of the molecule is COc1c(-c2cccc(C3=CC(n4c5c(c6ccccc64)=CCC=CC=5)=NC(c4ccccc4)P3)c2)ccc2c3c(c4ccccc4c12)=CCCC=3. The maximum atomic E-state index is 6.37. The van der Waals surface area contributed by atoms with Gasteiger partial charge in [0.25, 0.3) is 0 Å². The number of hydrogen-bond donors (Lipinski definition) is 0. The minimum Gasteiger partial charge on any atom is -0.495 e. The van der Waals surface area contributed by atoms with E-state index in [0.717, 1.165) is 42.0 Å². The lowest BCUT2D eigenvalue weighted by Crippen LogP contribution is -2.33. The number of fused-ring (bicyclic) bond motifs is 9. The van der Waals surface area contributed by atoms with Crippen molar-refractivity contribution >= 4 is 76.5 Å². The molecule has 2 aliphatic carbocycles. The number of nitrogens with zero attached hydrogens (tertiary/aromatic N) is 2. The van der Waals surface area contributed by atoms with E-state index in [4.69, 9.17) is 9.73 Å². The molecule has 3 aliphatic rings. The Labute approximate surface area is 304 Å². The van der Waals surface area contributed by atoms with Crippen LogP contribution in [0.25, 0.3) is 73.2 Å². The van der Waals surface area contributed by atoms with Gasteiger partial charge in [-0.05, 0) is 98.2 Å². The van der Waals surface area contributed by atoms with E-state index in [1.54, 1.807) is 0 Å². The first-order valence-electron chi connectivity index (χ1n) is 18.2. The molecule has 1 aliphatic heterocycles. The number of methoxy groups -OCH3 is 1. The lowest BCUT2D eigenvalue weighted by atomic mass is 9.91. The Balaban J connectivity index is 1.17. The van der Waals surface area contributed by atoms with Crippen LogP contribution in [0.5, 0.6) is 5.75 Å². The van der Waals surface area contributed by atoms with Crippen LogP contribution in [0.2, 0.25) is 0 Å². The third-order valence-electron chi connectivity index (χ3n) is 10.7. The van der Waals surface area contributed by atoms with Crippen molar-refractivity contribution < 1.29 is 4.74 Å². The van der Waals surface area contributed by atoms with E-state index in [9.17, 15) is 0 Å². The molecule has 0 amide bonds. The van der Waals surface area contributed by atoms with Crippen LogP contribution < -0.4 is 25.7 Å². The van der Waals surface area contributed by atoms with Gasteiger partial charge in [0.15, 0.2) is 0 Å². The molecular formula is C48H37N2OP. The Bertz CT molecular complexity index is 2950. The number of aliphatic imine (C=N–C) groups is 1. The second-order valence-electron chi connectivity index (χ2n) is 13.7. The van der Waals surface area contributed by atoms with Gasteiger partial charge in [-0.25, -0.2) is 0 Å². The summed E-state index contributed by atoms with van der Waals surface area (Å²) in [5.74, 6) is 1.92. The van der Waals surface area contributed by atoms with Gasteiger partial charge in [-0.2, -0.15) is 0 Å². The predicted octanol–water partition coefficient (Wildman–Crippen LogP) is 9.18. The average molecular weight is 689 g/mol. The molecule has 10 rings (SSSR count). The van der Waals surface area contributed by atoms with Crippen LogP contribution in [0.4, 0.5) is 0 Å². The molecule has 250 valence electrons. The number of para-hydroxylation sites is 1. The molecule has 1 aromatic heterocycles. The molecule has 2 heterocycles. The highest BCUT2D eigenvalue weighted by Gasteiger charge is 2.23. The second kappa shape index (κ2) is 12.8. The highest BCUT2D eigenvalue weighted by molar-refractivity contribution is 7.51. The van der Waals surface area contributed by atoms with Crippen LogP contribution >= 0.6 is 8.58 Å². The quantitative estimate of drug-likeness (QED) is 0.134. The Kier molecular flexibility index (Phi) is 7.62. The van der Waals surface area contributed by atoms with Crippen LogP contribution in [-0.4, -0.2) is 17.5 Å². The van der Waals surface area contributed by atoms with Crippen molar-refractivity contribution in [1.82, 2.24) is 4.57 Å². The Morgan fingerprint density at radius 2 is 1.44 bits per heavy atom. The lowest BCUT2D eigenvalue weighted by molar-refractivity contribution is 0.421. The third kappa shape index (κ3) is 5.03. The number of allylic oxidation sites excluding steroid dienone is 3. The average Bonchev–Trinajstić information content (AvgIpc) is 3.33. The fraction of sp³-hybridized carbons (Fsp3) is 0.104. The first-order chi connectivity index (χ1) is 25.8. The summed E-state index contributed by atoms with van der Waals surface area (Å²) in [6.07, 6.45) is 19.2. The van der Waals surface area contributed by atoms with Gasteiger partial charge in [0.1, 0.15) is 11.6 Å². The van der Waals surface area contributed by atoms with Gasteiger partial charge in [0, 0.05) is 21.6 Å². The maximum Gasteiger partial charge on any atom is 0.135 e. The van der Waals surface area contributed by atoms with Crippen molar-refractivity contribution in [2.45, 2.75) is 25.0 Å². The molecule has 2 unspecified atom stereocenters. The Hall–Kier alpha value is -5.76. The third-order valence-corrected chi connectivity index (χ3v) is 12.2. The summed E-state index contributed by atoms with van der Waals surface area (Å²) in [7, 11) is 2.30. The molecule has 7 aromatic rings. The van der Waals surface area contributed by atoms with E-state index in [0.29, 0.717) is 8.58 Å². The summed E-state index contributed by atoms with van der Waals surface area (Å²) >= 11 is 0. The van der Waals surface area contributed by atoms with E-state index in [-0.39, 0.29) is 5.78 Å². The predicted molar refractivity (Wildman–Crippen MR) is 223 cm³/mol. The molecule has 0 saturated carbocycles. The minimum atomic E-state index is 0.0165. The minimum absolute atomic E-state index is 0.0165. The lowest BCUT2D eigenvalue weighted by Gasteiger charge is -2.24. The summed E-state index contributed by atoms with van der Waals surface area (Å²) in [5.41, 5.74) is 5.88. The monoisotopic (exact) mass is 688 g/mol. The summed E-state index contributed by atoms with van der Waals surface area (Å²) in [5, 5.41) is 12.7. The van der Waals surface area contributed by atoms with Crippen molar-refractivity contribution in [1.29, 1.82) is 0 Å². The van der Waals surface area contributed by atoms with Gasteiger partial charge in [0.05, 0.1) is 23.8 Å². The van der Waals surface area contributed by atoms with Crippen LogP contribution in [0, 0.1) is 0 Å². The fourth-order valence-corrected chi connectivity index (χ4v) is 9.81. The Morgan fingerprint density at radius 3 is 2.29 bits per heavy atom. The zero-order valence-electron chi connectivity index (χ0n) is 29.0. The van der Waals surface area contributed by atoms with Gasteiger partial charge < -0.3 is 4.74 Å². The molecule has 2 atom stereocenters. The van der Waals surface area contributed by atoms with Gasteiger partial charge in [-0.3, -0.25) is 9.56 Å². The number of hydrogen-bond acceptors (Lipinski definition) is 2. The van der Waals surface area contributed by atoms with E-state index in [1.165, 1.54) is 69.9 Å². The molecule has 0 saturated heterocycles. The first kappa shape index (κ1) is 31.0. The largest absolute Gasteiger partial charge is 0.495 e. The number of rotatable bonds is 4. The van der Waals surface area contributed by atoms with Crippen molar-refractivity contribution in [3.63, 3.8) is 0 Å². The van der Waals surface area contributed by atoms with E-state index in [2.05, 4.69) is 162 Å². The van der Waals surface area contributed by atoms with Crippen molar-refractivity contribution in [3.05, 3.63) is 166 Å². The maximum absolute atomic E-state index is 6.37. The smallest absolute Gasteiger partial charge is 0.135 e. The fourth-order valence-electron chi connectivity index (χ4n) is 8.43. The van der Waals surface area contributed by atoms with Crippen molar-refractivity contribution in [2.24, 2.45) is 4.99 Å². The molecule has 3 nitrogen and oxygen atoms in total. The molecule has 0 spiro atoms. The summed E-state index contributed by atoms with van der Waals surface area (Å²) in [6, 6.07) is 41.9. The number of aromatic nitrogens is 1. The Morgan fingerprint density at radius 1 is 0.692 bits per heavy atom. The van der Waals surface area contributed by atoms with Crippen molar-refractivity contribution in [3.8, 4) is 16.9 Å². The standard InChI is InChI=1S/C48H37N2OP/c1-51-47-34(27-28-41-37-21-9-8-19-35(37)36-20-10-11-24-40(36)46(41)47)32-17-14-18-33(29-32)44-30-45(49-48(52-44)31-15-4-2-5-16-31)50-42-25-7-3-6-22-38(42)39-23-12-13-26-43(39)50/h2-5,7,10-30,48,52H,6,8-9H2,1H3. The van der Waals surface area contributed by atoms with Crippen LogP contribution in [-0.2, 0) is 0 Å². The van der Waals surface area contributed by atoms with Crippen molar-refractivity contribution in [2.75, 3.05) is 7.11 Å². The molecule has 52 heavy (non-hydrogen) atoms. The van der Waals surface area contributed by atoms with Gasteiger partial charge in [0.2, 0.25) is 0 Å². The highest BCUT2D eigenvalue weighted by Crippen LogP contribution is 2.50. The molecule has 0 radical (unpaired) electrons. The van der Waals surface area contributed by atoms with Gasteiger partial charge in [-0.15, -0.1) is 0 Å². The molecule has 0 bridgehead atoms. The van der Waals surface area contributed by atoms with Crippen LogP contribution in [0.15, 0.2) is 138 Å². The van der Waals surface area contributed by atoms with Gasteiger partial charge >= 0.3 is 0 Å². The summed E-state index contributed by atoms with van der Waals surface area (Å²) in [6.45, 7) is 0. The van der Waals surface area contributed by atoms with Gasteiger partial charge in [-0.1, -0.05) is 136 Å². The summed E-state index contributed by atoms with van der Waals surface area (Å²) in [4.78, 5) is 5.50. The number of ether oxygens (including phenoxy) is 1. The number of benzene rings is 6. The molecular weight excluding hydrogens is 652 g/mol. The summed E-state index contributed by atoms with van der Waals surface area (Å²) < 4.78 is 8.74.